The van der Waals surface area contributed by atoms with Crippen molar-refractivity contribution in [2.45, 2.75) is 32.2 Å². The topological polar surface area (TPSA) is 52.3 Å². The summed E-state index contributed by atoms with van der Waals surface area (Å²) in [5, 5.41) is 0. The van der Waals surface area contributed by atoms with E-state index < -0.39 is 0 Å². The van der Waals surface area contributed by atoms with E-state index in [9.17, 15) is 4.79 Å². The summed E-state index contributed by atoms with van der Waals surface area (Å²) in [6.07, 6.45) is 2.77. The number of benzene rings is 1. The van der Waals surface area contributed by atoms with E-state index in [1.54, 1.807) is 12.1 Å². The average Bonchev–Trinajstić information content (AvgIpc) is 2.30. The molecule has 1 rings (SSSR count). The molecule has 3 heteroatoms. The van der Waals surface area contributed by atoms with Crippen LogP contribution in [-0.4, -0.2) is 18.6 Å². The van der Waals surface area contributed by atoms with Crippen LogP contribution in [0.15, 0.2) is 30.3 Å². The lowest BCUT2D eigenvalue weighted by molar-refractivity contribution is 0.0493. The van der Waals surface area contributed by atoms with Crippen LogP contribution in [0.2, 0.25) is 0 Å². The molecule has 0 spiro atoms. The molecule has 0 heterocycles. The molecule has 0 aliphatic heterocycles. The summed E-state index contributed by atoms with van der Waals surface area (Å²) < 4.78 is 5.13. The maximum absolute atomic E-state index is 11.5. The smallest absolute Gasteiger partial charge is 0.338 e. The van der Waals surface area contributed by atoms with Crippen molar-refractivity contribution in [3.05, 3.63) is 35.9 Å². The number of hydrogen-bond acceptors (Lipinski definition) is 3. The van der Waals surface area contributed by atoms with Crippen molar-refractivity contribution < 1.29 is 9.53 Å². The van der Waals surface area contributed by atoms with Crippen molar-refractivity contribution in [2.75, 3.05) is 6.61 Å². The highest BCUT2D eigenvalue weighted by molar-refractivity contribution is 5.89. The molecule has 0 saturated heterocycles. The predicted molar refractivity (Wildman–Crippen MR) is 64.2 cm³/mol. The Balaban J connectivity index is 2.26. The first kappa shape index (κ1) is 12.7. The predicted octanol–water partition coefficient (Wildman–Crippen LogP) is 2.36. The van der Waals surface area contributed by atoms with Gasteiger partial charge < -0.3 is 10.5 Å². The highest BCUT2D eigenvalue weighted by atomic mass is 16.5. The number of rotatable bonds is 6. The van der Waals surface area contributed by atoms with E-state index in [1.807, 2.05) is 18.2 Å². The normalized spacial score (nSPS) is 12.1. The largest absolute Gasteiger partial charge is 0.462 e. The standard InChI is InChI=1S/C13H19NO2/c1-2-6-12(14)9-10-16-13(15)11-7-4-3-5-8-11/h3-5,7-8,12H,2,6,9-10,14H2,1H3. The molecule has 2 N–H and O–H groups in total. The first-order chi connectivity index (χ1) is 7.74. The van der Waals surface area contributed by atoms with Gasteiger partial charge in [0, 0.05) is 6.04 Å². The summed E-state index contributed by atoms with van der Waals surface area (Å²) in [4.78, 5) is 11.5. The highest BCUT2D eigenvalue weighted by Crippen LogP contribution is 2.03. The van der Waals surface area contributed by atoms with E-state index in [0.717, 1.165) is 19.3 Å². The van der Waals surface area contributed by atoms with Gasteiger partial charge in [0.05, 0.1) is 12.2 Å². The number of hydrogen-bond donors (Lipinski definition) is 1. The second-order valence-electron chi connectivity index (χ2n) is 3.84. The Bertz CT molecular complexity index is 311. The quantitative estimate of drug-likeness (QED) is 0.750. The average molecular weight is 221 g/mol. The van der Waals surface area contributed by atoms with Crippen molar-refractivity contribution in [1.82, 2.24) is 0 Å². The molecule has 1 atom stereocenters. The fourth-order valence-corrected chi connectivity index (χ4v) is 1.48. The summed E-state index contributed by atoms with van der Waals surface area (Å²) in [6.45, 7) is 2.49. The van der Waals surface area contributed by atoms with Gasteiger partial charge in [0.1, 0.15) is 0 Å². The fourth-order valence-electron chi connectivity index (χ4n) is 1.48. The van der Waals surface area contributed by atoms with Crippen molar-refractivity contribution in [3.63, 3.8) is 0 Å². The van der Waals surface area contributed by atoms with Gasteiger partial charge in [-0.15, -0.1) is 0 Å². The highest BCUT2D eigenvalue weighted by Gasteiger charge is 2.07. The molecule has 88 valence electrons. The molecular formula is C13H19NO2. The number of ether oxygens (including phenoxy) is 1. The Morgan fingerprint density at radius 3 is 2.62 bits per heavy atom. The number of nitrogens with two attached hydrogens (primary N) is 1. The molecule has 0 radical (unpaired) electrons. The first-order valence-corrected chi connectivity index (χ1v) is 5.71. The van der Waals surface area contributed by atoms with Crippen LogP contribution in [0.25, 0.3) is 0 Å². The minimum absolute atomic E-state index is 0.133. The van der Waals surface area contributed by atoms with Gasteiger partial charge >= 0.3 is 5.97 Å². The molecule has 16 heavy (non-hydrogen) atoms. The van der Waals surface area contributed by atoms with Gasteiger partial charge in [-0.2, -0.15) is 0 Å². The van der Waals surface area contributed by atoms with Crippen molar-refractivity contribution in [3.8, 4) is 0 Å². The van der Waals surface area contributed by atoms with Crippen molar-refractivity contribution in [2.24, 2.45) is 5.73 Å². The minimum atomic E-state index is -0.274. The maximum atomic E-state index is 11.5. The van der Waals surface area contributed by atoms with Crippen LogP contribution >= 0.6 is 0 Å². The summed E-state index contributed by atoms with van der Waals surface area (Å²) >= 11 is 0. The van der Waals surface area contributed by atoms with Crippen LogP contribution < -0.4 is 5.73 Å². The molecule has 0 bridgehead atoms. The number of carbonyl (C=O) groups is 1. The lowest BCUT2D eigenvalue weighted by Gasteiger charge is -2.10. The number of carbonyl (C=O) groups excluding carboxylic acids is 1. The monoisotopic (exact) mass is 221 g/mol. The second-order valence-corrected chi connectivity index (χ2v) is 3.84. The third kappa shape index (κ3) is 4.45. The Labute approximate surface area is 96.6 Å². The molecule has 1 aromatic rings. The van der Waals surface area contributed by atoms with Crippen LogP contribution in [0.5, 0.6) is 0 Å². The molecule has 0 aliphatic rings. The van der Waals surface area contributed by atoms with E-state index in [1.165, 1.54) is 0 Å². The minimum Gasteiger partial charge on any atom is -0.462 e. The van der Waals surface area contributed by atoms with Crippen LogP contribution in [0.3, 0.4) is 0 Å². The fraction of sp³-hybridized carbons (Fsp3) is 0.462. The van der Waals surface area contributed by atoms with Crippen LogP contribution in [0.4, 0.5) is 0 Å². The van der Waals surface area contributed by atoms with Gasteiger partial charge in [-0.1, -0.05) is 31.5 Å². The Morgan fingerprint density at radius 1 is 1.31 bits per heavy atom. The molecule has 0 saturated carbocycles. The molecule has 0 fully saturated rings. The van der Waals surface area contributed by atoms with E-state index in [-0.39, 0.29) is 12.0 Å². The zero-order valence-corrected chi connectivity index (χ0v) is 9.69. The van der Waals surface area contributed by atoms with Gasteiger partial charge in [-0.25, -0.2) is 4.79 Å². The lowest BCUT2D eigenvalue weighted by Crippen LogP contribution is -2.22. The maximum Gasteiger partial charge on any atom is 0.338 e. The number of esters is 1. The first-order valence-electron chi connectivity index (χ1n) is 5.71. The molecule has 0 aliphatic carbocycles. The Kier molecular flexibility index (Phi) is 5.57. The van der Waals surface area contributed by atoms with E-state index in [4.69, 9.17) is 10.5 Å². The van der Waals surface area contributed by atoms with Gasteiger partial charge in [0.2, 0.25) is 0 Å². The molecule has 3 nitrogen and oxygen atoms in total. The van der Waals surface area contributed by atoms with Gasteiger partial charge in [-0.05, 0) is 25.0 Å². The van der Waals surface area contributed by atoms with Gasteiger partial charge in [0.15, 0.2) is 0 Å². The Morgan fingerprint density at radius 2 is 2.00 bits per heavy atom. The molecular weight excluding hydrogens is 202 g/mol. The molecule has 0 aromatic heterocycles. The third-order valence-electron chi connectivity index (χ3n) is 2.39. The molecule has 1 aromatic carbocycles. The summed E-state index contributed by atoms with van der Waals surface area (Å²) in [5.74, 6) is -0.274. The SMILES string of the molecule is CCCC(N)CCOC(=O)c1ccccc1. The zero-order valence-electron chi connectivity index (χ0n) is 9.69. The lowest BCUT2D eigenvalue weighted by atomic mass is 10.1. The summed E-state index contributed by atoms with van der Waals surface area (Å²) in [6, 6.07) is 9.13. The third-order valence-corrected chi connectivity index (χ3v) is 2.39. The van der Waals surface area contributed by atoms with E-state index >= 15 is 0 Å². The van der Waals surface area contributed by atoms with Crippen LogP contribution in [0, 0.1) is 0 Å². The van der Waals surface area contributed by atoms with Crippen LogP contribution in [0.1, 0.15) is 36.5 Å². The molecule has 1 unspecified atom stereocenters. The second kappa shape index (κ2) is 7.01. The van der Waals surface area contributed by atoms with Gasteiger partial charge in [0.25, 0.3) is 0 Å². The van der Waals surface area contributed by atoms with Crippen LogP contribution in [-0.2, 0) is 4.74 Å². The molecule has 0 amide bonds. The van der Waals surface area contributed by atoms with E-state index in [2.05, 4.69) is 6.92 Å². The summed E-state index contributed by atoms with van der Waals surface area (Å²) in [5.41, 5.74) is 6.41. The van der Waals surface area contributed by atoms with Crippen molar-refractivity contribution in [1.29, 1.82) is 0 Å². The summed E-state index contributed by atoms with van der Waals surface area (Å²) in [7, 11) is 0. The van der Waals surface area contributed by atoms with Crippen molar-refractivity contribution >= 4 is 5.97 Å². The van der Waals surface area contributed by atoms with Gasteiger partial charge in [-0.3, -0.25) is 0 Å². The van der Waals surface area contributed by atoms with E-state index in [0.29, 0.717) is 12.2 Å². The Hall–Kier alpha value is -1.35. The zero-order chi connectivity index (χ0) is 11.8.